The number of oxime groups is 1. The molecule has 3 aromatic rings. The number of aryl methyl sites for hydroxylation is 3. The van der Waals surface area contributed by atoms with E-state index in [0.717, 1.165) is 27.8 Å². The van der Waals surface area contributed by atoms with E-state index in [1.54, 1.807) is 0 Å². The van der Waals surface area contributed by atoms with Gasteiger partial charge in [0.15, 0.2) is 6.10 Å². The third-order valence-electron chi connectivity index (χ3n) is 5.40. The average Bonchev–Trinajstić information content (AvgIpc) is 3.17. The molecule has 0 amide bonds. The second kappa shape index (κ2) is 8.54. The van der Waals surface area contributed by atoms with Crippen molar-refractivity contribution >= 4 is 11.7 Å². The Labute approximate surface area is 177 Å². The van der Waals surface area contributed by atoms with Gasteiger partial charge in [-0.2, -0.15) is 0 Å². The summed E-state index contributed by atoms with van der Waals surface area (Å²) in [5, 5.41) is 4.39. The summed E-state index contributed by atoms with van der Waals surface area (Å²) in [6.07, 6.45) is -0.510. The molecule has 0 bridgehead atoms. The van der Waals surface area contributed by atoms with Crippen molar-refractivity contribution in [2.24, 2.45) is 11.1 Å². The van der Waals surface area contributed by atoms with Crippen LogP contribution < -0.4 is 0 Å². The summed E-state index contributed by atoms with van der Waals surface area (Å²) >= 11 is 0. The van der Waals surface area contributed by atoms with Crippen LogP contribution in [0.3, 0.4) is 0 Å². The van der Waals surface area contributed by atoms with E-state index < -0.39 is 12.0 Å². The molecule has 0 aliphatic carbocycles. The predicted octanol–water partition coefficient (Wildman–Crippen LogP) is 5.45. The van der Waals surface area contributed by atoms with E-state index in [-0.39, 0.29) is 12.6 Å². The fourth-order valence-corrected chi connectivity index (χ4v) is 4.11. The summed E-state index contributed by atoms with van der Waals surface area (Å²) in [6, 6.07) is 23.6. The largest absolute Gasteiger partial charge is 0.460 e. The molecule has 0 aromatic heterocycles. The van der Waals surface area contributed by atoms with Crippen molar-refractivity contribution in [3.63, 3.8) is 0 Å². The zero-order chi connectivity index (χ0) is 21.1. The van der Waals surface area contributed by atoms with Crippen molar-refractivity contribution < 1.29 is 14.4 Å². The molecule has 3 aromatic carbocycles. The fraction of sp³-hybridized carbons (Fsp3) is 0.231. The highest BCUT2D eigenvalue weighted by molar-refractivity contribution is 6.14. The Hall–Kier alpha value is -3.40. The number of rotatable bonds is 5. The van der Waals surface area contributed by atoms with Gasteiger partial charge in [0.1, 0.15) is 18.2 Å². The lowest BCUT2D eigenvalue weighted by Gasteiger charge is -2.20. The van der Waals surface area contributed by atoms with Gasteiger partial charge in [0.05, 0.1) is 0 Å². The quantitative estimate of drug-likeness (QED) is 0.536. The molecular formula is C26H25NO3. The molecule has 0 radical (unpaired) electrons. The summed E-state index contributed by atoms with van der Waals surface area (Å²) in [5.74, 6) is -0.959. The van der Waals surface area contributed by atoms with Gasteiger partial charge in [0.2, 0.25) is 0 Å². The lowest BCUT2D eigenvalue weighted by Crippen LogP contribution is -2.30. The van der Waals surface area contributed by atoms with Crippen molar-refractivity contribution in [3.05, 3.63) is 106 Å². The second-order valence-electron chi connectivity index (χ2n) is 7.76. The molecule has 0 unspecified atom stereocenters. The first-order valence-electron chi connectivity index (χ1n) is 10.1. The number of carbonyl (C=O) groups is 1. The van der Waals surface area contributed by atoms with E-state index in [1.807, 2.05) is 74.5 Å². The number of ether oxygens (including phenoxy) is 1. The zero-order valence-electron chi connectivity index (χ0n) is 17.5. The van der Waals surface area contributed by atoms with Gasteiger partial charge in [-0.05, 0) is 43.0 Å². The second-order valence-corrected chi connectivity index (χ2v) is 7.76. The highest BCUT2D eigenvalue weighted by atomic mass is 16.6. The van der Waals surface area contributed by atoms with Gasteiger partial charge < -0.3 is 9.57 Å². The Kier molecular flexibility index (Phi) is 5.66. The van der Waals surface area contributed by atoms with Crippen LogP contribution in [-0.4, -0.2) is 11.7 Å². The van der Waals surface area contributed by atoms with Crippen molar-refractivity contribution in [1.29, 1.82) is 0 Å². The molecular weight excluding hydrogens is 374 g/mol. The van der Waals surface area contributed by atoms with Gasteiger partial charge >= 0.3 is 5.97 Å². The molecule has 30 heavy (non-hydrogen) atoms. The van der Waals surface area contributed by atoms with Crippen LogP contribution in [0.15, 0.2) is 78.0 Å². The molecule has 0 saturated heterocycles. The minimum absolute atomic E-state index is 0.219. The summed E-state index contributed by atoms with van der Waals surface area (Å²) < 4.78 is 5.72. The minimum atomic E-state index is -0.629. The number of carbonyl (C=O) groups excluding carboxylic acids is 1. The molecule has 0 saturated carbocycles. The minimum Gasteiger partial charge on any atom is -0.460 e. The molecule has 1 heterocycles. The number of nitrogens with zero attached hydrogens (tertiary/aromatic N) is 1. The topological polar surface area (TPSA) is 47.9 Å². The van der Waals surface area contributed by atoms with Crippen molar-refractivity contribution in [1.82, 2.24) is 0 Å². The van der Waals surface area contributed by atoms with Gasteiger partial charge in [-0.25, -0.2) is 0 Å². The van der Waals surface area contributed by atoms with Gasteiger partial charge in [0, 0.05) is 5.56 Å². The maximum atomic E-state index is 13.3. The van der Waals surface area contributed by atoms with Crippen LogP contribution in [0, 0.1) is 26.7 Å². The molecule has 4 nitrogen and oxygen atoms in total. The summed E-state index contributed by atoms with van der Waals surface area (Å²) in [7, 11) is 0. The molecule has 0 N–H and O–H groups in total. The van der Waals surface area contributed by atoms with Crippen LogP contribution in [0.5, 0.6) is 0 Å². The first-order valence-corrected chi connectivity index (χ1v) is 10.1. The van der Waals surface area contributed by atoms with Gasteiger partial charge in [-0.15, -0.1) is 0 Å². The molecule has 4 heteroatoms. The fourth-order valence-electron chi connectivity index (χ4n) is 4.11. The number of hydrogen-bond donors (Lipinski definition) is 0. The normalized spacial score (nSPS) is 17.9. The Morgan fingerprint density at radius 2 is 1.53 bits per heavy atom. The van der Waals surface area contributed by atoms with E-state index in [4.69, 9.17) is 9.57 Å². The maximum Gasteiger partial charge on any atom is 0.319 e. The van der Waals surface area contributed by atoms with E-state index in [1.165, 1.54) is 5.56 Å². The number of benzene rings is 3. The van der Waals surface area contributed by atoms with Crippen LogP contribution >= 0.6 is 0 Å². The molecule has 1 aliphatic heterocycles. The molecule has 1 aliphatic rings. The van der Waals surface area contributed by atoms with E-state index in [2.05, 4.69) is 24.2 Å². The smallest absolute Gasteiger partial charge is 0.319 e. The van der Waals surface area contributed by atoms with E-state index >= 15 is 0 Å². The summed E-state index contributed by atoms with van der Waals surface area (Å²) in [5.41, 5.74) is 6.77. The number of hydrogen-bond acceptors (Lipinski definition) is 4. The third-order valence-corrected chi connectivity index (χ3v) is 5.40. The molecule has 152 valence electrons. The monoisotopic (exact) mass is 399 g/mol. The third kappa shape index (κ3) is 3.99. The lowest BCUT2D eigenvalue weighted by molar-refractivity contribution is -0.150. The Morgan fingerprint density at radius 1 is 0.933 bits per heavy atom. The summed E-state index contributed by atoms with van der Waals surface area (Å²) in [4.78, 5) is 19.1. The molecule has 0 fully saturated rings. The lowest BCUT2D eigenvalue weighted by atomic mass is 9.85. The van der Waals surface area contributed by atoms with Gasteiger partial charge in [-0.1, -0.05) is 83.5 Å². The van der Waals surface area contributed by atoms with E-state index in [0.29, 0.717) is 5.71 Å². The van der Waals surface area contributed by atoms with Crippen LogP contribution in [0.4, 0.5) is 0 Å². The van der Waals surface area contributed by atoms with Gasteiger partial charge in [0.25, 0.3) is 0 Å². The molecule has 2 atom stereocenters. The predicted molar refractivity (Wildman–Crippen MR) is 117 cm³/mol. The number of esters is 1. The Bertz CT molecular complexity index is 1050. The van der Waals surface area contributed by atoms with Crippen LogP contribution in [0.25, 0.3) is 0 Å². The van der Waals surface area contributed by atoms with Crippen LogP contribution in [0.1, 0.15) is 39.5 Å². The zero-order valence-corrected chi connectivity index (χ0v) is 17.5. The maximum absolute atomic E-state index is 13.3. The van der Waals surface area contributed by atoms with Crippen molar-refractivity contribution in [3.8, 4) is 0 Å². The van der Waals surface area contributed by atoms with Crippen LogP contribution in [-0.2, 0) is 21.0 Å². The average molecular weight is 399 g/mol. The standard InChI is InChI=1S/C26H25NO3/c1-17-14-18(2)22(19(3)15-17)24-23(25(30-27-24)21-12-8-5-9-13-21)26(28)29-16-20-10-6-4-7-11-20/h4-15,23,25H,16H2,1-3H3/t23-,25+/m1/s1. The SMILES string of the molecule is Cc1cc(C)c(C2=NO[C@@H](c3ccccc3)[C@@H]2C(=O)OCc2ccccc2)c(C)c1. The highest BCUT2D eigenvalue weighted by Gasteiger charge is 2.43. The Balaban J connectivity index is 1.68. The van der Waals surface area contributed by atoms with Gasteiger partial charge in [-0.3, -0.25) is 4.79 Å². The summed E-state index contributed by atoms with van der Waals surface area (Å²) in [6.45, 7) is 6.37. The molecule has 0 spiro atoms. The molecule has 4 rings (SSSR count). The first-order chi connectivity index (χ1) is 14.5. The van der Waals surface area contributed by atoms with Crippen molar-refractivity contribution in [2.45, 2.75) is 33.5 Å². The van der Waals surface area contributed by atoms with Crippen LogP contribution in [0.2, 0.25) is 0 Å². The first kappa shape index (κ1) is 19.9. The highest BCUT2D eigenvalue weighted by Crippen LogP contribution is 2.37. The van der Waals surface area contributed by atoms with Crippen molar-refractivity contribution in [2.75, 3.05) is 0 Å². The van der Waals surface area contributed by atoms with E-state index in [9.17, 15) is 4.79 Å². The Morgan fingerprint density at radius 3 is 2.17 bits per heavy atom.